The van der Waals surface area contributed by atoms with Crippen LogP contribution >= 0.6 is 0 Å². The molecule has 0 saturated carbocycles. The highest BCUT2D eigenvalue weighted by Crippen LogP contribution is 2.54. The van der Waals surface area contributed by atoms with Crippen LogP contribution in [0.15, 0.2) is 107 Å². The number of aliphatic hydroxyl groups is 1. The molecular weight excluding hydrogens is 630 g/mol. The summed E-state index contributed by atoms with van der Waals surface area (Å²) < 4.78 is 26.4. The van der Waals surface area contributed by atoms with Crippen LogP contribution in [0.3, 0.4) is 0 Å². The first-order chi connectivity index (χ1) is 23.7. The van der Waals surface area contributed by atoms with Crippen LogP contribution in [0.25, 0.3) is 0 Å². The quantitative estimate of drug-likeness (QED) is 0.0601. The molecule has 0 bridgehead atoms. The summed E-state index contributed by atoms with van der Waals surface area (Å²) in [5.41, 5.74) is -0.120. The molecule has 0 amide bonds. The Morgan fingerprint density at radius 2 is 1.41 bits per heavy atom. The molecule has 2 heterocycles. The molecule has 12 nitrogen and oxygen atoms in total. The van der Waals surface area contributed by atoms with E-state index in [9.17, 15) is 14.7 Å². The van der Waals surface area contributed by atoms with Gasteiger partial charge in [0.1, 0.15) is 23.7 Å². The van der Waals surface area contributed by atoms with Crippen molar-refractivity contribution in [3.63, 3.8) is 0 Å². The standard InChI is InChI=1S/C37H45N3O9/c1-26-25-40(35(43)38-33(26)42)34-31(47-24-23-46-22-21-39(2)3)30(41)32(48-34)37(44-4,49-45-5)36(27-15-9-6-10-16-27,28-17-11-7-12-18-28)29-19-13-8-14-20-29/h6-20,25,30-32,34,41H,21-24H2,1-5H3,(H,38,42,43)/t30-,31+,32-,34+,37?/m0/s1. The molecule has 3 aromatic carbocycles. The van der Waals surface area contributed by atoms with Gasteiger partial charge in [0.2, 0.25) is 5.79 Å². The molecule has 1 aliphatic rings. The van der Waals surface area contributed by atoms with Gasteiger partial charge in [-0.15, -0.1) is 0 Å². The number of ether oxygens (including phenoxy) is 4. The zero-order chi connectivity index (χ0) is 35.0. The van der Waals surface area contributed by atoms with Gasteiger partial charge in [-0.05, 0) is 37.7 Å². The largest absolute Gasteiger partial charge is 0.387 e. The van der Waals surface area contributed by atoms with E-state index in [-0.39, 0.29) is 18.8 Å². The highest BCUT2D eigenvalue weighted by molar-refractivity contribution is 5.54. The van der Waals surface area contributed by atoms with Crippen LogP contribution in [0.1, 0.15) is 28.5 Å². The Kier molecular flexibility index (Phi) is 12.0. The minimum Gasteiger partial charge on any atom is -0.387 e. The third kappa shape index (κ3) is 7.05. The van der Waals surface area contributed by atoms with Crippen LogP contribution in [-0.4, -0.2) is 98.3 Å². The molecule has 49 heavy (non-hydrogen) atoms. The maximum atomic E-state index is 13.3. The van der Waals surface area contributed by atoms with Gasteiger partial charge in [-0.2, -0.15) is 4.89 Å². The predicted molar refractivity (Wildman–Crippen MR) is 182 cm³/mol. The molecule has 0 spiro atoms. The Morgan fingerprint density at radius 3 is 1.90 bits per heavy atom. The van der Waals surface area contributed by atoms with Crippen LogP contribution in [0.5, 0.6) is 0 Å². The Balaban J connectivity index is 1.71. The number of benzene rings is 3. The summed E-state index contributed by atoms with van der Waals surface area (Å²) in [6, 6.07) is 28.8. The van der Waals surface area contributed by atoms with Crippen LogP contribution in [-0.2, 0) is 34.1 Å². The van der Waals surface area contributed by atoms with Crippen molar-refractivity contribution in [1.82, 2.24) is 14.5 Å². The molecule has 1 aliphatic heterocycles. The Labute approximate surface area is 285 Å². The summed E-state index contributed by atoms with van der Waals surface area (Å²) in [4.78, 5) is 41.8. The highest BCUT2D eigenvalue weighted by Gasteiger charge is 2.68. The fraction of sp³-hybridized carbons (Fsp3) is 0.405. The Bertz CT molecular complexity index is 1640. The molecule has 1 aromatic heterocycles. The van der Waals surface area contributed by atoms with Gasteiger partial charge in [0.15, 0.2) is 6.23 Å². The van der Waals surface area contributed by atoms with Gasteiger partial charge in [-0.1, -0.05) is 91.0 Å². The Hall–Kier alpha value is -3.98. The number of nitrogens with one attached hydrogen (secondary N) is 1. The first kappa shape index (κ1) is 36.3. The van der Waals surface area contributed by atoms with Crippen molar-refractivity contribution in [2.24, 2.45) is 0 Å². The molecule has 1 unspecified atom stereocenters. The number of methoxy groups -OCH3 is 1. The third-order valence-corrected chi connectivity index (χ3v) is 8.88. The number of aliphatic hydroxyl groups excluding tert-OH is 1. The van der Waals surface area contributed by atoms with E-state index in [0.29, 0.717) is 6.61 Å². The summed E-state index contributed by atoms with van der Waals surface area (Å²) in [5, 5.41) is 12.4. The van der Waals surface area contributed by atoms with E-state index in [1.165, 1.54) is 25.0 Å². The molecule has 1 saturated heterocycles. The second kappa shape index (κ2) is 16.2. The van der Waals surface area contributed by atoms with Crippen LogP contribution in [0, 0.1) is 6.92 Å². The maximum Gasteiger partial charge on any atom is 0.330 e. The molecule has 0 aliphatic carbocycles. The molecule has 12 heteroatoms. The molecule has 262 valence electrons. The average Bonchev–Trinajstić information content (AvgIpc) is 3.44. The molecular formula is C37H45N3O9. The van der Waals surface area contributed by atoms with Crippen molar-refractivity contribution in [1.29, 1.82) is 0 Å². The smallest absolute Gasteiger partial charge is 0.330 e. The van der Waals surface area contributed by atoms with Crippen molar-refractivity contribution >= 4 is 0 Å². The van der Waals surface area contributed by atoms with Gasteiger partial charge in [-0.3, -0.25) is 14.3 Å². The zero-order valence-corrected chi connectivity index (χ0v) is 28.5. The number of aryl methyl sites for hydroxylation is 1. The van der Waals surface area contributed by atoms with Gasteiger partial charge in [-0.25, -0.2) is 9.68 Å². The van der Waals surface area contributed by atoms with E-state index in [1.54, 1.807) is 6.92 Å². The van der Waals surface area contributed by atoms with E-state index in [2.05, 4.69) is 4.98 Å². The number of likely N-dealkylation sites (N-methyl/N-ethyl adjacent to an activating group) is 1. The minimum absolute atomic E-state index is 0.0745. The minimum atomic E-state index is -1.97. The molecule has 5 rings (SSSR count). The molecule has 5 atom stereocenters. The second-order valence-corrected chi connectivity index (χ2v) is 12.1. The zero-order valence-electron chi connectivity index (χ0n) is 28.5. The van der Waals surface area contributed by atoms with E-state index < -0.39 is 47.0 Å². The lowest BCUT2D eigenvalue weighted by Crippen LogP contribution is -2.65. The van der Waals surface area contributed by atoms with Crippen LogP contribution in [0.2, 0.25) is 0 Å². The summed E-state index contributed by atoms with van der Waals surface area (Å²) in [5.74, 6) is -1.97. The summed E-state index contributed by atoms with van der Waals surface area (Å²) in [6.07, 6.45) is -3.80. The predicted octanol–water partition coefficient (Wildman–Crippen LogP) is 3.02. The lowest BCUT2D eigenvalue weighted by atomic mass is 9.61. The van der Waals surface area contributed by atoms with Crippen molar-refractivity contribution in [2.45, 2.75) is 42.7 Å². The monoisotopic (exact) mass is 675 g/mol. The number of hydrogen-bond donors (Lipinski definition) is 2. The Morgan fingerprint density at radius 1 is 0.857 bits per heavy atom. The van der Waals surface area contributed by atoms with Gasteiger partial charge in [0, 0.05) is 25.4 Å². The third-order valence-electron chi connectivity index (χ3n) is 8.88. The van der Waals surface area contributed by atoms with Crippen molar-refractivity contribution in [2.75, 3.05) is 54.7 Å². The number of rotatable bonds is 16. The summed E-state index contributed by atoms with van der Waals surface area (Å²) >= 11 is 0. The van der Waals surface area contributed by atoms with E-state index >= 15 is 0 Å². The fourth-order valence-corrected chi connectivity index (χ4v) is 6.65. The number of H-pyrrole nitrogens is 1. The number of aromatic amines is 1. The first-order valence-corrected chi connectivity index (χ1v) is 16.1. The maximum absolute atomic E-state index is 13.3. The summed E-state index contributed by atoms with van der Waals surface area (Å²) in [7, 11) is 6.71. The second-order valence-electron chi connectivity index (χ2n) is 12.1. The van der Waals surface area contributed by atoms with Gasteiger partial charge in [0.05, 0.1) is 26.9 Å². The highest BCUT2D eigenvalue weighted by atomic mass is 17.2. The van der Waals surface area contributed by atoms with Gasteiger partial charge < -0.3 is 29.0 Å². The van der Waals surface area contributed by atoms with Crippen molar-refractivity contribution in [3.05, 3.63) is 140 Å². The SMILES string of the molecule is COOC(OC)([C@H]1O[C@@H](n2cc(C)c(=O)[nH]c2=O)[C@H](OCCOCCN(C)C)[C@@H]1O)C(c1ccccc1)(c1ccccc1)c1ccccc1. The average molecular weight is 676 g/mol. The molecule has 2 N–H and O–H groups in total. The molecule has 4 aromatic rings. The van der Waals surface area contributed by atoms with Gasteiger partial charge >= 0.3 is 5.69 Å². The van der Waals surface area contributed by atoms with E-state index in [0.717, 1.165) is 23.2 Å². The molecule has 1 fully saturated rings. The van der Waals surface area contributed by atoms with Crippen LogP contribution < -0.4 is 11.2 Å². The number of nitrogens with zero attached hydrogens (tertiary/aromatic N) is 2. The van der Waals surface area contributed by atoms with Gasteiger partial charge in [0.25, 0.3) is 5.56 Å². The van der Waals surface area contributed by atoms with Crippen molar-refractivity contribution in [3.8, 4) is 0 Å². The van der Waals surface area contributed by atoms with E-state index in [1.807, 2.05) is 110 Å². The van der Waals surface area contributed by atoms with Crippen molar-refractivity contribution < 1.29 is 33.8 Å². The number of aromatic nitrogens is 2. The topological polar surface area (TPSA) is 134 Å². The first-order valence-electron chi connectivity index (χ1n) is 16.1. The summed E-state index contributed by atoms with van der Waals surface area (Å²) in [6.45, 7) is 3.07. The number of hydrogen-bond acceptors (Lipinski definition) is 10. The lowest BCUT2D eigenvalue weighted by Gasteiger charge is -2.51. The molecule has 0 radical (unpaired) electrons. The fourth-order valence-electron chi connectivity index (χ4n) is 6.65. The lowest BCUT2D eigenvalue weighted by molar-refractivity contribution is -0.452. The normalized spacial score (nSPS) is 20.8. The van der Waals surface area contributed by atoms with E-state index in [4.69, 9.17) is 28.7 Å². The van der Waals surface area contributed by atoms with Crippen LogP contribution in [0.4, 0.5) is 0 Å².